The first kappa shape index (κ1) is 14.1. The summed E-state index contributed by atoms with van der Waals surface area (Å²) in [7, 11) is 1.47. The van der Waals surface area contributed by atoms with Gasteiger partial charge in [-0.15, -0.1) is 0 Å². The van der Waals surface area contributed by atoms with E-state index in [1.54, 1.807) is 0 Å². The molecule has 0 bridgehead atoms. The molecule has 1 N–H and O–H groups in total. The summed E-state index contributed by atoms with van der Waals surface area (Å²) in [5, 5.41) is 3.07. The fourth-order valence-electron chi connectivity index (χ4n) is 1.28. The Kier molecular flexibility index (Phi) is 4.62. The number of amides is 1. The Morgan fingerprint density at radius 1 is 1.47 bits per heavy atom. The van der Waals surface area contributed by atoms with Gasteiger partial charge in [0.25, 0.3) is 0 Å². The van der Waals surface area contributed by atoms with Crippen LogP contribution in [0.15, 0.2) is 33.4 Å². The molecule has 0 spiro atoms. The third kappa shape index (κ3) is 3.59. The summed E-state index contributed by atoms with van der Waals surface area (Å²) < 4.78 is 1.55. The van der Waals surface area contributed by atoms with Crippen molar-refractivity contribution in [2.24, 2.45) is 0 Å². The summed E-state index contributed by atoms with van der Waals surface area (Å²) in [5.74, 6) is 0.665. The fraction of sp³-hybridized carbons (Fsp3) is 0.182. The number of carbonyl (C=O) groups is 1. The van der Waals surface area contributed by atoms with Crippen molar-refractivity contribution in [3.63, 3.8) is 0 Å². The maximum atomic E-state index is 11.5. The Bertz CT molecular complexity index is 636. The second-order valence-corrected chi connectivity index (χ2v) is 6.11. The van der Waals surface area contributed by atoms with Crippen molar-refractivity contribution in [3.8, 4) is 0 Å². The molecule has 1 heterocycles. The predicted octanol–water partition coefficient (Wildman–Crippen LogP) is 2.44. The average Bonchev–Trinajstić information content (AvgIpc) is 2.78. The van der Waals surface area contributed by atoms with E-state index in [9.17, 15) is 9.59 Å². The quantitative estimate of drug-likeness (QED) is 0.884. The molecule has 0 saturated carbocycles. The first-order valence-corrected chi connectivity index (χ1v) is 7.43. The lowest BCUT2D eigenvalue weighted by Crippen LogP contribution is -2.30. The molecule has 0 fully saturated rings. The van der Waals surface area contributed by atoms with Crippen LogP contribution >= 0.6 is 34.9 Å². The van der Waals surface area contributed by atoms with Crippen molar-refractivity contribution in [1.82, 2.24) is 14.3 Å². The number of hydrogen-bond donors (Lipinski definition) is 1. The standard InChI is InChI=1S/C11H10ClN3O2S2/c1-13-9(16)15-10(17)14-11(19-15)18-6-7-2-4-8(12)5-3-7/h2-5H,6H2,1H3,(H,13,16). The molecule has 0 unspecified atom stereocenters. The first-order valence-electron chi connectivity index (χ1n) is 5.30. The molecule has 0 aliphatic rings. The van der Waals surface area contributed by atoms with Crippen LogP contribution in [0.5, 0.6) is 0 Å². The summed E-state index contributed by atoms with van der Waals surface area (Å²) in [5.41, 5.74) is 0.520. The van der Waals surface area contributed by atoms with Crippen LogP contribution in [0, 0.1) is 0 Å². The van der Waals surface area contributed by atoms with Gasteiger partial charge >= 0.3 is 11.7 Å². The highest BCUT2D eigenvalue weighted by Crippen LogP contribution is 2.24. The van der Waals surface area contributed by atoms with Gasteiger partial charge in [0, 0.05) is 17.8 Å². The zero-order chi connectivity index (χ0) is 13.8. The summed E-state index contributed by atoms with van der Waals surface area (Å²) in [6.45, 7) is 0. The van der Waals surface area contributed by atoms with Crippen molar-refractivity contribution in [2.75, 3.05) is 7.05 Å². The van der Waals surface area contributed by atoms with Crippen molar-refractivity contribution in [2.45, 2.75) is 10.1 Å². The van der Waals surface area contributed by atoms with E-state index in [0.717, 1.165) is 21.1 Å². The number of nitrogens with one attached hydrogen (secondary N) is 1. The molecule has 0 saturated heterocycles. The van der Waals surface area contributed by atoms with E-state index in [4.69, 9.17) is 11.6 Å². The van der Waals surface area contributed by atoms with Gasteiger partial charge in [-0.3, -0.25) is 0 Å². The molecule has 1 amide bonds. The van der Waals surface area contributed by atoms with Gasteiger partial charge in [-0.25, -0.2) is 9.59 Å². The van der Waals surface area contributed by atoms with Gasteiger partial charge < -0.3 is 5.32 Å². The van der Waals surface area contributed by atoms with E-state index >= 15 is 0 Å². The molecule has 0 atom stereocenters. The van der Waals surface area contributed by atoms with Gasteiger partial charge in [-0.1, -0.05) is 35.5 Å². The number of carbonyl (C=O) groups excluding carboxylic acids is 1. The van der Waals surface area contributed by atoms with Crippen LogP contribution in [-0.2, 0) is 5.75 Å². The topological polar surface area (TPSA) is 64.0 Å². The van der Waals surface area contributed by atoms with Crippen LogP contribution in [0.3, 0.4) is 0 Å². The average molecular weight is 316 g/mol. The molecule has 100 valence electrons. The minimum atomic E-state index is -0.553. The van der Waals surface area contributed by atoms with Crippen molar-refractivity contribution < 1.29 is 4.79 Å². The SMILES string of the molecule is CNC(=O)n1sc(SCc2ccc(Cl)cc2)nc1=O. The van der Waals surface area contributed by atoms with Crippen molar-refractivity contribution in [1.29, 1.82) is 0 Å². The van der Waals surface area contributed by atoms with Crippen LogP contribution in [0.2, 0.25) is 5.02 Å². The monoisotopic (exact) mass is 315 g/mol. The number of nitrogens with zero attached hydrogens (tertiary/aromatic N) is 2. The Morgan fingerprint density at radius 3 is 2.79 bits per heavy atom. The first-order chi connectivity index (χ1) is 9.10. The summed E-state index contributed by atoms with van der Waals surface area (Å²) in [6, 6.07) is 6.97. The van der Waals surface area contributed by atoms with Crippen LogP contribution in [-0.4, -0.2) is 22.0 Å². The zero-order valence-corrected chi connectivity index (χ0v) is 12.3. The molecule has 0 aliphatic carbocycles. The van der Waals surface area contributed by atoms with E-state index in [1.165, 1.54) is 18.8 Å². The lowest BCUT2D eigenvalue weighted by molar-refractivity contribution is 0.245. The molecule has 1 aromatic heterocycles. The molecule has 0 aliphatic heterocycles. The summed E-state index contributed by atoms with van der Waals surface area (Å²) >= 11 is 8.24. The second-order valence-electron chi connectivity index (χ2n) is 3.52. The maximum Gasteiger partial charge on any atom is 0.367 e. The van der Waals surface area contributed by atoms with Crippen molar-refractivity contribution >= 4 is 40.9 Å². The number of halogens is 1. The van der Waals surface area contributed by atoms with E-state index < -0.39 is 11.7 Å². The zero-order valence-electron chi connectivity index (χ0n) is 9.92. The lowest BCUT2D eigenvalue weighted by Gasteiger charge is -1.98. The van der Waals surface area contributed by atoms with Crippen molar-refractivity contribution in [3.05, 3.63) is 45.3 Å². The van der Waals surface area contributed by atoms with Gasteiger partial charge in [0.1, 0.15) is 0 Å². The minimum absolute atomic E-state index is 0.471. The van der Waals surface area contributed by atoms with Gasteiger partial charge in [0.2, 0.25) is 0 Å². The highest BCUT2D eigenvalue weighted by atomic mass is 35.5. The molecular formula is C11H10ClN3O2S2. The smallest absolute Gasteiger partial charge is 0.340 e. The van der Waals surface area contributed by atoms with Gasteiger partial charge in [0.05, 0.1) is 0 Å². The molecule has 5 nitrogen and oxygen atoms in total. The second kappa shape index (κ2) is 6.23. The molecule has 19 heavy (non-hydrogen) atoms. The molecule has 0 radical (unpaired) electrons. The Labute approximate surface area is 122 Å². The van der Waals surface area contributed by atoms with Crippen LogP contribution in [0.1, 0.15) is 5.56 Å². The number of benzene rings is 1. The third-order valence-corrected chi connectivity index (χ3v) is 4.60. The number of rotatable bonds is 3. The number of hydrogen-bond acceptors (Lipinski definition) is 5. The molecule has 1 aromatic carbocycles. The lowest BCUT2D eigenvalue weighted by atomic mass is 10.2. The van der Waals surface area contributed by atoms with Gasteiger partial charge in [-0.05, 0) is 29.2 Å². The van der Waals surface area contributed by atoms with Crippen LogP contribution in [0.25, 0.3) is 0 Å². The predicted molar refractivity (Wildman–Crippen MR) is 77.2 cm³/mol. The fourth-order valence-corrected chi connectivity index (χ4v) is 3.21. The Balaban J connectivity index is 2.06. The maximum absolute atomic E-state index is 11.5. The van der Waals surface area contributed by atoms with Crippen LogP contribution < -0.4 is 11.0 Å². The molecular weight excluding hydrogens is 306 g/mol. The highest BCUT2D eigenvalue weighted by Gasteiger charge is 2.12. The van der Waals surface area contributed by atoms with E-state index in [1.807, 2.05) is 24.3 Å². The molecule has 2 rings (SSSR count). The van der Waals surface area contributed by atoms with E-state index in [-0.39, 0.29) is 0 Å². The largest absolute Gasteiger partial charge is 0.367 e. The third-order valence-electron chi connectivity index (χ3n) is 2.20. The van der Waals surface area contributed by atoms with E-state index in [2.05, 4.69) is 10.3 Å². The summed E-state index contributed by atoms with van der Waals surface area (Å²) in [6.07, 6.45) is 0. The molecule has 2 aromatic rings. The van der Waals surface area contributed by atoms with Crippen LogP contribution in [0.4, 0.5) is 4.79 Å². The summed E-state index contributed by atoms with van der Waals surface area (Å²) in [4.78, 5) is 26.6. The van der Waals surface area contributed by atoms with Gasteiger partial charge in [0.15, 0.2) is 4.34 Å². The molecule has 8 heteroatoms. The normalized spacial score (nSPS) is 10.4. The number of aromatic nitrogens is 2. The Morgan fingerprint density at radius 2 is 2.16 bits per heavy atom. The minimum Gasteiger partial charge on any atom is -0.340 e. The highest BCUT2D eigenvalue weighted by molar-refractivity contribution is 8.00. The number of thioether (sulfide) groups is 1. The van der Waals surface area contributed by atoms with E-state index in [0.29, 0.717) is 15.1 Å². The Hall–Kier alpha value is -1.31. The van der Waals surface area contributed by atoms with Gasteiger partial charge in [-0.2, -0.15) is 8.94 Å².